The van der Waals surface area contributed by atoms with Crippen LogP contribution < -0.4 is 10.2 Å². The molecule has 36 heavy (non-hydrogen) atoms. The number of amides is 2. The van der Waals surface area contributed by atoms with Gasteiger partial charge in [0.1, 0.15) is 30.9 Å². The van der Waals surface area contributed by atoms with E-state index in [1.54, 1.807) is 4.90 Å². The predicted octanol–water partition coefficient (Wildman–Crippen LogP) is 1.56. The number of Topliss-reactive ketones (excluding diaryl/α,β-unsaturated/α-hetero) is 1. The van der Waals surface area contributed by atoms with Crippen molar-refractivity contribution in [1.82, 2.24) is 15.1 Å². The van der Waals surface area contributed by atoms with Crippen molar-refractivity contribution in [3.63, 3.8) is 0 Å². The third-order valence-electron chi connectivity index (χ3n) is 7.43. The molecule has 1 N–H and O–H groups in total. The Hall–Kier alpha value is -2.49. The van der Waals surface area contributed by atoms with Gasteiger partial charge in [0.05, 0.1) is 6.54 Å². The molecule has 198 valence electrons. The molecule has 0 aromatic heterocycles. The van der Waals surface area contributed by atoms with Gasteiger partial charge in [-0.3, -0.25) is 14.4 Å². The number of anilines is 1. The number of hydrogen-bond donors (Lipinski definition) is 1. The molecular weight excluding hydrogens is 460 g/mol. The fourth-order valence-electron chi connectivity index (χ4n) is 5.48. The number of hydrogen-bond acceptors (Lipinski definition) is 7. The maximum atomic E-state index is 13.6. The van der Waals surface area contributed by atoms with Crippen LogP contribution in [0.1, 0.15) is 44.5 Å². The molecular formula is C27H40N4O5. The van der Waals surface area contributed by atoms with Gasteiger partial charge in [-0.1, -0.05) is 20.8 Å². The zero-order valence-electron chi connectivity index (χ0n) is 21.9. The smallest absolute Gasteiger partial charge is 0.251 e. The summed E-state index contributed by atoms with van der Waals surface area (Å²) in [5.74, 6) is -0.471. The SMILES string of the molecule is CCO[C@H]1CN(C(=O)C(CC(C)C)NC(=O)c2ccc(N3CCN(CC)CC3)cc2)[C@@H]2C(=O)CO[C@H]12. The maximum absolute atomic E-state index is 13.6. The molecule has 3 aliphatic heterocycles. The molecule has 0 aliphatic carbocycles. The second-order valence-corrected chi connectivity index (χ2v) is 10.3. The molecule has 3 fully saturated rings. The van der Waals surface area contributed by atoms with Crippen molar-refractivity contribution in [3.05, 3.63) is 29.8 Å². The quantitative estimate of drug-likeness (QED) is 0.550. The molecule has 2 amide bonds. The van der Waals surface area contributed by atoms with Gasteiger partial charge < -0.3 is 29.5 Å². The van der Waals surface area contributed by atoms with E-state index in [-0.39, 0.29) is 42.8 Å². The normalized spacial score (nSPS) is 25.4. The Labute approximate surface area is 214 Å². The molecule has 3 heterocycles. The summed E-state index contributed by atoms with van der Waals surface area (Å²) in [7, 11) is 0. The fourth-order valence-corrected chi connectivity index (χ4v) is 5.48. The van der Waals surface area contributed by atoms with E-state index < -0.39 is 18.2 Å². The van der Waals surface area contributed by atoms with Gasteiger partial charge in [-0.05, 0) is 50.1 Å². The van der Waals surface area contributed by atoms with Crippen molar-refractivity contribution in [2.75, 3.05) is 57.4 Å². The summed E-state index contributed by atoms with van der Waals surface area (Å²) in [5, 5.41) is 2.95. The number of fused-ring (bicyclic) bond motifs is 1. The number of benzene rings is 1. The first-order chi connectivity index (χ1) is 17.3. The summed E-state index contributed by atoms with van der Waals surface area (Å²) in [6.07, 6.45) is -0.298. The third kappa shape index (κ3) is 5.74. The van der Waals surface area contributed by atoms with Gasteiger partial charge in [-0.15, -0.1) is 0 Å². The number of likely N-dealkylation sites (N-methyl/N-ethyl adjacent to an activating group) is 1. The van der Waals surface area contributed by atoms with Crippen LogP contribution in [0.25, 0.3) is 0 Å². The monoisotopic (exact) mass is 500 g/mol. The van der Waals surface area contributed by atoms with Gasteiger partial charge in [0, 0.05) is 44.0 Å². The van der Waals surface area contributed by atoms with Crippen molar-refractivity contribution in [3.8, 4) is 0 Å². The fraction of sp³-hybridized carbons (Fsp3) is 0.667. The molecule has 0 spiro atoms. The molecule has 0 radical (unpaired) electrons. The average Bonchev–Trinajstić information content (AvgIpc) is 3.44. The van der Waals surface area contributed by atoms with E-state index in [4.69, 9.17) is 9.47 Å². The lowest BCUT2D eigenvalue weighted by Gasteiger charge is -2.35. The van der Waals surface area contributed by atoms with E-state index in [2.05, 4.69) is 22.0 Å². The van der Waals surface area contributed by atoms with E-state index in [1.807, 2.05) is 45.0 Å². The average molecular weight is 501 g/mol. The predicted molar refractivity (Wildman–Crippen MR) is 137 cm³/mol. The van der Waals surface area contributed by atoms with Crippen molar-refractivity contribution >= 4 is 23.3 Å². The second-order valence-electron chi connectivity index (χ2n) is 10.3. The van der Waals surface area contributed by atoms with Gasteiger partial charge >= 0.3 is 0 Å². The lowest BCUT2D eigenvalue weighted by molar-refractivity contribution is -0.138. The van der Waals surface area contributed by atoms with Crippen molar-refractivity contribution < 1.29 is 23.9 Å². The Morgan fingerprint density at radius 1 is 1.11 bits per heavy atom. The largest absolute Gasteiger partial charge is 0.374 e. The minimum absolute atomic E-state index is 0.0102. The third-order valence-corrected chi connectivity index (χ3v) is 7.43. The summed E-state index contributed by atoms with van der Waals surface area (Å²) in [5.41, 5.74) is 1.61. The Morgan fingerprint density at radius 3 is 2.42 bits per heavy atom. The lowest BCUT2D eigenvalue weighted by Crippen LogP contribution is -2.52. The number of nitrogens with zero attached hydrogens (tertiary/aromatic N) is 3. The summed E-state index contributed by atoms with van der Waals surface area (Å²) in [6.45, 7) is 13.9. The first-order valence-corrected chi connectivity index (χ1v) is 13.3. The summed E-state index contributed by atoms with van der Waals surface area (Å²) >= 11 is 0. The molecule has 0 saturated carbocycles. The van der Waals surface area contributed by atoms with Gasteiger partial charge in [-0.25, -0.2) is 0 Å². The van der Waals surface area contributed by atoms with Crippen LogP contribution in [0, 0.1) is 5.92 Å². The molecule has 4 atom stereocenters. The Bertz CT molecular complexity index is 929. The summed E-state index contributed by atoms with van der Waals surface area (Å²) in [4.78, 5) is 45.7. The van der Waals surface area contributed by atoms with E-state index in [9.17, 15) is 14.4 Å². The minimum Gasteiger partial charge on any atom is -0.374 e. The highest BCUT2D eigenvalue weighted by Crippen LogP contribution is 2.30. The zero-order chi connectivity index (χ0) is 25.8. The molecule has 9 nitrogen and oxygen atoms in total. The van der Waals surface area contributed by atoms with Crippen LogP contribution in [0.2, 0.25) is 0 Å². The summed E-state index contributed by atoms with van der Waals surface area (Å²) < 4.78 is 11.4. The molecule has 1 aromatic carbocycles. The van der Waals surface area contributed by atoms with E-state index in [0.717, 1.165) is 38.4 Å². The van der Waals surface area contributed by atoms with Gasteiger partial charge in [0.25, 0.3) is 5.91 Å². The van der Waals surface area contributed by atoms with E-state index in [1.165, 1.54) is 0 Å². The molecule has 1 aromatic rings. The molecule has 4 rings (SSSR count). The van der Waals surface area contributed by atoms with Crippen molar-refractivity contribution in [2.45, 2.75) is 58.4 Å². The maximum Gasteiger partial charge on any atom is 0.251 e. The number of rotatable bonds is 9. The standard InChI is InChI=1S/C27H40N4O5/c1-5-29-11-13-30(14-12-29)20-9-7-19(8-10-20)26(33)28-21(15-18(3)4)27(34)31-16-23(35-6-2)25-24(31)22(32)17-36-25/h7-10,18,21,23-25H,5-6,11-17H2,1-4H3,(H,28,33)/t21?,23-,24+,25+/m0/s1. The van der Waals surface area contributed by atoms with Crippen LogP contribution >= 0.6 is 0 Å². The van der Waals surface area contributed by atoms with Crippen LogP contribution in [-0.4, -0.2) is 104 Å². The van der Waals surface area contributed by atoms with E-state index in [0.29, 0.717) is 18.6 Å². The highest BCUT2D eigenvalue weighted by Gasteiger charge is 2.53. The highest BCUT2D eigenvalue weighted by molar-refractivity contribution is 5.99. The van der Waals surface area contributed by atoms with Crippen LogP contribution in [0.15, 0.2) is 24.3 Å². The molecule has 0 bridgehead atoms. The molecule has 3 aliphatic rings. The number of likely N-dealkylation sites (tertiary alicyclic amines) is 1. The van der Waals surface area contributed by atoms with Gasteiger partial charge in [-0.2, -0.15) is 0 Å². The molecule has 1 unspecified atom stereocenters. The lowest BCUT2D eigenvalue weighted by atomic mass is 10.0. The zero-order valence-corrected chi connectivity index (χ0v) is 21.9. The number of nitrogens with one attached hydrogen (secondary N) is 1. The van der Waals surface area contributed by atoms with Gasteiger partial charge in [0.15, 0.2) is 5.78 Å². The number of piperazine rings is 1. The van der Waals surface area contributed by atoms with E-state index >= 15 is 0 Å². The number of carbonyl (C=O) groups is 3. The Balaban J connectivity index is 1.43. The van der Waals surface area contributed by atoms with Crippen LogP contribution in [0.4, 0.5) is 5.69 Å². The van der Waals surface area contributed by atoms with Crippen LogP contribution in [-0.2, 0) is 19.1 Å². The molecule has 3 saturated heterocycles. The first-order valence-electron chi connectivity index (χ1n) is 13.3. The molecule has 9 heteroatoms. The van der Waals surface area contributed by atoms with Crippen LogP contribution in [0.3, 0.4) is 0 Å². The van der Waals surface area contributed by atoms with Crippen LogP contribution in [0.5, 0.6) is 0 Å². The van der Waals surface area contributed by atoms with Crippen molar-refractivity contribution in [1.29, 1.82) is 0 Å². The highest BCUT2D eigenvalue weighted by atomic mass is 16.6. The number of ether oxygens (including phenoxy) is 2. The van der Waals surface area contributed by atoms with Gasteiger partial charge in [0.2, 0.25) is 5.91 Å². The number of ketones is 1. The Morgan fingerprint density at radius 2 is 1.81 bits per heavy atom. The Kier molecular flexibility index (Phi) is 8.64. The minimum atomic E-state index is -0.728. The topological polar surface area (TPSA) is 91.4 Å². The number of carbonyl (C=O) groups excluding carboxylic acids is 3. The second kappa shape index (κ2) is 11.7. The van der Waals surface area contributed by atoms with Crippen molar-refractivity contribution in [2.24, 2.45) is 5.92 Å². The summed E-state index contributed by atoms with van der Waals surface area (Å²) in [6, 6.07) is 6.21. The first kappa shape index (κ1) is 26.6.